The Kier molecular flexibility index (Phi) is 6.36. The van der Waals surface area contributed by atoms with Crippen LogP contribution in [0.25, 0.3) is 0 Å². The molecule has 0 aromatic carbocycles. The van der Waals surface area contributed by atoms with E-state index in [2.05, 4.69) is 5.32 Å². The number of carbonyl (C=O) groups is 2. The molecule has 0 aromatic heterocycles. The molecule has 14 heavy (non-hydrogen) atoms. The highest BCUT2D eigenvalue weighted by molar-refractivity contribution is 7.99. The predicted octanol–water partition coefficient (Wildman–Crippen LogP) is 1.11. The van der Waals surface area contributed by atoms with Crippen LogP contribution in [0, 0.1) is 0 Å². The first kappa shape index (κ1) is 13.3. The average Bonchev–Trinajstić information content (AvgIpc) is 2.10. The molecule has 4 nitrogen and oxygen atoms in total. The van der Waals surface area contributed by atoms with Crippen molar-refractivity contribution in [2.75, 3.05) is 5.75 Å². The minimum atomic E-state index is -0.976. The van der Waals surface area contributed by atoms with Crippen LogP contribution in [0.1, 0.15) is 27.2 Å². The van der Waals surface area contributed by atoms with Crippen molar-refractivity contribution in [2.24, 2.45) is 0 Å². The van der Waals surface area contributed by atoms with E-state index in [1.807, 2.05) is 13.8 Å². The topological polar surface area (TPSA) is 66.4 Å². The van der Waals surface area contributed by atoms with Crippen molar-refractivity contribution in [3.05, 3.63) is 0 Å². The Morgan fingerprint density at radius 3 is 2.43 bits per heavy atom. The van der Waals surface area contributed by atoms with Crippen LogP contribution < -0.4 is 5.32 Å². The molecule has 0 aliphatic rings. The largest absolute Gasteiger partial charge is 0.480 e. The van der Waals surface area contributed by atoms with E-state index in [4.69, 9.17) is 5.11 Å². The normalized spacial score (nSPS) is 14.5. The van der Waals surface area contributed by atoms with Gasteiger partial charge in [0, 0.05) is 17.9 Å². The number of rotatable bonds is 6. The van der Waals surface area contributed by atoms with Gasteiger partial charge in [-0.1, -0.05) is 13.8 Å². The van der Waals surface area contributed by atoms with E-state index in [0.717, 1.165) is 6.42 Å². The summed E-state index contributed by atoms with van der Waals surface area (Å²) in [6.07, 6.45) is 0.997. The number of carbonyl (C=O) groups excluding carboxylic acids is 1. The SMILES string of the molecule is CCC(C)SC[C@H](NC(C)=O)C(=O)O. The molecule has 0 saturated heterocycles. The summed E-state index contributed by atoms with van der Waals surface area (Å²) in [7, 11) is 0. The van der Waals surface area contributed by atoms with Gasteiger partial charge in [0.15, 0.2) is 0 Å². The molecule has 0 spiro atoms. The number of nitrogens with one attached hydrogen (secondary N) is 1. The van der Waals surface area contributed by atoms with Crippen LogP contribution in [-0.2, 0) is 9.59 Å². The smallest absolute Gasteiger partial charge is 0.327 e. The summed E-state index contributed by atoms with van der Waals surface area (Å²) in [5.41, 5.74) is 0. The highest BCUT2D eigenvalue weighted by Crippen LogP contribution is 2.14. The molecule has 0 aliphatic heterocycles. The van der Waals surface area contributed by atoms with Crippen molar-refractivity contribution in [3.63, 3.8) is 0 Å². The van der Waals surface area contributed by atoms with Crippen molar-refractivity contribution in [2.45, 2.75) is 38.5 Å². The lowest BCUT2D eigenvalue weighted by Crippen LogP contribution is -2.41. The first-order valence-corrected chi connectivity index (χ1v) is 5.63. The summed E-state index contributed by atoms with van der Waals surface area (Å²) in [5, 5.41) is 11.6. The second-order valence-electron chi connectivity index (χ2n) is 3.14. The first-order chi connectivity index (χ1) is 6.47. The van der Waals surface area contributed by atoms with Gasteiger partial charge < -0.3 is 10.4 Å². The molecule has 0 bridgehead atoms. The van der Waals surface area contributed by atoms with Gasteiger partial charge in [0.1, 0.15) is 6.04 Å². The van der Waals surface area contributed by atoms with Gasteiger partial charge >= 0.3 is 5.97 Å². The summed E-state index contributed by atoms with van der Waals surface area (Å²) >= 11 is 1.56. The van der Waals surface area contributed by atoms with Gasteiger partial charge in [-0.25, -0.2) is 4.79 Å². The maximum absolute atomic E-state index is 10.7. The van der Waals surface area contributed by atoms with Crippen molar-refractivity contribution < 1.29 is 14.7 Å². The Morgan fingerprint density at radius 2 is 2.07 bits per heavy atom. The van der Waals surface area contributed by atoms with E-state index in [0.29, 0.717) is 11.0 Å². The summed E-state index contributed by atoms with van der Waals surface area (Å²) in [4.78, 5) is 21.4. The van der Waals surface area contributed by atoms with Gasteiger partial charge in [0.25, 0.3) is 0 Å². The Balaban J connectivity index is 3.97. The third-order valence-electron chi connectivity index (χ3n) is 1.80. The number of carboxylic acids is 1. The third-order valence-corrected chi connectivity index (χ3v) is 3.23. The molecule has 2 atom stereocenters. The zero-order valence-electron chi connectivity index (χ0n) is 8.74. The highest BCUT2D eigenvalue weighted by Gasteiger charge is 2.18. The van der Waals surface area contributed by atoms with Crippen LogP contribution in [0.15, 0.2) is 0 Å². The van der Waals surface area contributed by atoms with Crippen LogP contribution in [0.2, 0.25) is 0 Å². The lowest BCUT2D eigenvalue weighted by Gasteiger charge is -2.15. The second kappa shape index (κ2) is 6.70. The minimum absolute atomic E-state index is 0.304. The zero-order valence-corrected chi connectivity index (χ0v) is 9.56. The van der Waals surface area contributed by atoms with Crippen molar-refractivity contribution in [3.8, 4) is 0 Å². The van der Waals surface area contributed by atoms with E-state index in [9.17, 15) is 9.59 Å². The second-order valence-corrected chi connectivity index (χ2v) is 4.61. The van der Waals surface area contributed by atoms with Crippen molar-refractivity contribution in [1.29, 1.82) is 0 Å². The third kappa shape index (κ3) is 5.85. The summed E-state index contributed by atoms with van der Waals surface area (Å²) in [6.45, 7) is 5.41. The number of carboxylic acid groups (broad SMARTS) is 1. The maximum atomic E-state index is 10.7. The Hall–Kier alpha value is -0.710. The predicted molar refractivity (Wildman–Crippen MR) is 57.5 cm³/mol. The number of hydrogen-bond donors (Lipinski definition) is 2. The van der Waals surface area contributed by atoms with Crippen LogP contribution >= 0.6 is 11.8 Å². The fourth-order valence-corrected chi connectivity index (χ4v) is 1.78. The molecule has 0 saturated carbocycles. The first-order valence-electron chi connectivity index (χ1n) is 4.58. The van der Waals surface area contributed by atoms with Gasteiger partial charge in [-0.3, -0.25) is 4.79 Å². The fourth-order valence-electron chi connectivity index (χ4n) is 0.798. The van der Waals surface area contributed by atoms with Crippen LogP contribution in [-0.4, -0.2) is 34.0 Å². The molecular weight excluding hydrogens is 202 g/mol. The van der Waals surface area contributed by atoms with Crippen LogP contribution in [0.5, 0.6) is 0 Å². The minimum Gasteiger partial charge on any atom is -0.480 e. The summed E-state index contributed by atoms with van der Waals surface area (Å²) in [6, 6.07) is -0.772. The lowest BCUT2D eigenvalue weighted by atomic mass is 10.3. The molecule has 0 rings (SSSR count). The highest BCUT2D eigenvalue weighted by atomic mass is 32.2. The lowest BCUT2D eigenvalue weighted by molar-refractivity contribution is -0.140. The van der Waals surface area contributed by atoms with E-state index in [-0.39, 0.29) is 5.91 Å². The van der Waals surface area contributed by atoms with Crippen molar-refractivity contribution >= 4 is 23.6 Å². The van der Waals surface area contributed by atoms with E-state index in [1.165, 1.54) is 6.92 Å². The molecule has 1 amide bonds. The van der Waals surface area contributed by atoms with Crippen LogP contribution in [0.4, 0.5) is 0 Å². The summed E-state index contributed by atoms with van der Waals surface area (Å²) in [5.74, 6) is -0.859. The van der Waals surface area contributed by atoms with Gasteiger partial charge in [-0.15, -0.1) is 0 Å². The number of aliphatic carboxylic acids is 1. The monoisotopic (exact) mass is 219 g/mol. The van der Waals surface area contributed by atoms with E-state index in [1.54, 1.807) is 11.8 Å². The molecular formula is C9H17NO3S. The Bertz CT molecular complexity index is 208. The van der Waals surface area contributed by atoms with Crippen molar-refractivity contribution in [1.82, 2.24) is 5.32 Å². The fraction of sp³-hybridized carbons (Fsp3) is 0.778. The average molecular weight is 219 g/mol. The number of thioether (sulfide) groups is 1. The molecule has 0 fully saturated rings. The van der Waals surface area contributed by atoms with E-state index < -0.39 is 12.0 Å². The summed E-state index contributed by atoms with van der Waals surface area (Å²) < 4.78 is 0. The molecule has 82 valence electrons. The van der Waals surface area contributed by atoms with Crippen LogP contribution in [0.3, 0.4) is 0 Å². The molecule has 5 heteroatoms. The molecule has 0 aromatic rings. The molecule has 0 radical (unpaired) electrons. The molecule has 0 heterocycles. The van der Waals surface area contributed by atoms with E-state index >= 15 is 0 Å². The molecule has 0 aliphatic carbocycles. The number of hydrogen-bond acceptors (Lipinski definition) is 3. The zero-order chi connectivity index (χ0) is 11.1. The Morgan fingerprint density at radius 1 is 1.50 bits per heavy atom. The van der Waals surface area contributed by atoms with Gasteiger partial charge in [0.2, 0.25) is 5.91 Å². The van der Waals surface area contributed by atoms with Gasteiger partial charge in [-0.05, 0) is 6.42 Å². The van der Waals surface area contributed by atoms with Gasteiger partial charge in [-0.2, -0.15) is 11.8 Å². The van der Waals surface area contributed by atoms with Gasteiger partial charge in [0.05, 0.1) is 0 Å². The molecule has 1 unspecified atom stereocenters. The quantitative estimate of drug-likeness (QED) is 0.702. The molecule has 2 N–H and O–H groups in total. The number of amides is 1. The Labute approximate surface area is 88.4 Å². The standard InChI is InChI=1S/C9H17NO3S/c1-4-6(2)14-5-8(9(12)13)10-7(3)11/h6,8H,4-5H2,1-3H3,(H,10,11)(H,12,13)/t6?,8-/m0/s1. The maximum Gasteiger partial charge on any atom is 0.327 e.